The van der Waals surface area contributed by atoms with E-state index in [0.29, 0.717) is 6.07 Å². The molecule has 5 nitrogen and oxygen atoms in total. The predicted molar refractivity (Wildman–Crippen MR) is 51.9 cm³/mol. The third kappa shape index (κ3) is 2.76. The Bertz CT molecular complexity index is 485. The van der Waals surface area contributed by atoms with Crippen LogP contribution in [-0.4, -0.2) is 31.1 Å². The molecule has 0 aliphatic heterocycles. The van der Waals surface area contributed by atoms with Gasteiger partial charge >= 0.3 is 18.1 Å². The molecule has 0 radical (unpaired) electrons. The van der Waals surface area contributed by atoms with Gasteiger partial charge in [0.1, 0.15) is 0 Å². The molecular weight excluding hydrogens is 255 g/mol. The van der Waals surface area contributed by atoms with Crippen LogP contribution in [0.25, 0.3) is 0 Å². The Balaban J connectivity index is 3.39. The minimum Gasteiger partial charge on any atom is -0.465 e. The maximum atomic E-state index is 12.7. The van der Waals surface area contributed by atoms with Gasteiger partial charge in [-0.1, -0.05) is 0 Å². The highest BCUT2D eigenvalue weighted by atomic mass is 19.4. The lowest BCUT2D eigenvalue weighted by Crippen LogP contribution is -2.18. The van der Waals surface area contributed by atoms with E-state index in [9.17, 15) is 22.8 Å². The Morgan fingerprint density at radius 3 is 2.17 bits per heavy atom. The SMILES string of the molecule is COC(=O)c1cnc(C(=O)OC)c(C(F)(F)F)c1. The predicted octanol–water partition coefficient (Wildman–Crippen LogP) is 1.67. The molecule has 0 saturated heterocycles. The van der Waals surface area contributed by atoms with E-state index in [1.54, 1.807) is 0 Å². The molecular formula is C10H8F3NO4. The van der Waals surface area contributed by atoms with Crippen LogP contribution >= 0.6 is 0 Å². The van der Waals surface area contributed by atoms with E-state index in [1.807, 2.05) is 0 Å². The highest BCUT2D eigenvalue weighted by Gasteiger charge is 2.37. The summed E-state index contributed by atoms with van der Waals surface area (Å²) in [7, 11) is 1.95. The van der Waals surface area contributed by atoms with Crippen molar-refractivity contribution in [2.24, 2.45) is 0 Å². The lowest BCUT2D eigenvalue weighted by Gasteiger charge is -2.11. The van der Waals surface area contributed by atoms with Gasteiger partial charge in [0.05, 0.1) is 25.3 Å². The molecule has 8 heteroatoms. The zero-order chi connectivity index (χ0) is 13.9. The van der Waals surface area contributed by atoms with Crippen molar-refractivity contribution in [3.05, 3.63) is 29.1 Å². The van der Waals surface area contributed by atoms with Crippen molar-refractivity contribution in [3.63, 3.8) is 0 Å². The summed E-state index contributed by atoms with van der Waals surface area (Å²) in [6, 6.07) is 0.491. The van der Waals surface area contributed by atoms with Crippen molar-refractivity contribution < 1.29 is 32.2 Å². The van der Waals surface area contributed by atoms with Crippen molar-refractivity contribution in [3.8, 4) is 0 Å². The van der Waals surface area contributed by atoms with Gasteiger partial charge in [-0.2, -0.15) is 13.2 Å². The fraction of sp³-hybridized carbons (Fsp3) is 0.300. The Morgan fingerprint density at radius 2 is 1.72 bits per heavy atom. The molecule has 0 amide bonds. The van der Waals surface area contributed by atoms with E-state index in [4.69, 9.17) is 0 Å². The van der Waals surface area contributed by atoms with Gasteiger partial charge in [-0.3, -0.25) is 0 Å². The van der Waals surface area contributed by atoms with E-state index in [1.165, 1.54) is 0 Å². The number of hydrogen-bond acceptors (Lipinski definition) is 5. The third-order valence-electron chi connectivity index (χ3n) is 1.99. The summed E-state index contributed by atoms with van der Waals surface area (Å²) in [4.78, 5) is 25.5. The van der Waals surface area contributed by atoms with Crippen LogP contribution < -0.4 is 0 Å². The van der Waals surface area contributed by atoms with Crippen molar-refractivity contribution in [2.45, 2.75) is 6.18 Å². The molecule has 0 aliphatic rings. The molecule has 0 N–H and O–H groups in total. The fourth-order valence-electron chi connectivity index (χ4n) is 1.17. The first-order chi connectivity index (χ1) is 8.31. The highest BCUT2D eigenvalue weighted by Crippen LogP contribution is 2.32. The molecule has 0 aliphatic carbocycles. The van der Waals surface area contributed by atoms with Gasteiger partial charge in [0.25, 0.3) is 0 Å². The second-order valence-electron chi connectivity index (χ2n) is 3.10. The number of hydrogen-bond donors (Lipinski definition) is 0. The zero-order valence-electron chi connectivity index (χ0n) is 9.37. The molecule has 1 heterocycles. The summed E-state index contributed by atoms with van der Waals surface area (Å²) in [5, 5.41) is 0. The number of carbonyl (C=O) groups is 2. The lowest BCUT2D eigenvalue weighted by atomic mass is 10.1. The molecule has 98 valence electrons. The molecule has 0 spiro atoms. The molecule has 0 saturated carbocycles. The monoisotopic (exact) mass is 263 g/mol. The largest absolute Gasteiger partial charge is 0.465 e. The number of pyridine rings is 1. The van der Waals surface area contributed by atoms with Crippen LogP contribution in [0.3, 0.4) is 0 Å². The quantitative estimate of drug-likeness (QED) is 0.759. The molecule has 1 rings (SSSR count). The number of methoxy groups -OCH3 is 2. The molecule has 0 unspecified atom stereocenters. The zero-order valence-corrected chi connectivity index (χ0v) is 9.37. The normalized spacial score (nSPS) is 10.9. The van der Waals surface area contributed by atoms with Crippen LogP contribution in [0.5, 0.6) is 0 Å². The van der Waals surface area contributed by atoms with Gasteiger partial charge in [0, 0.05) is 6.20 Å². The van der Waals surface area contributed by atoms with E-state index in [-0.39, 0.29) is 0 Å². The summed E-state index contributed by atoms with van der Waals surface area (Å²) < 4.78 is 46.5. The number of rotatable bonds is 2. The summed E-state index contributed by atoms with van der Waals surface area (Å²) in [6.07, 6.45) is -4.02. The summed E-state index contributed by atoms with van der Waals surface area (Å²) in [6.45, 7) is 0. The average molecular weight is 263 g/mol. The number of alkyl halides is 3. The Morgan fingerprint density at radius 1 is 1.17 bits per heavy atom. The molecule has 0 atom stereocenters. The number of aromatic nitrogens is 1. The molecule has 18 heavy (non-hydrogen) atoms. The Labute approximate surface area is 99.5 Å². The first kappa shape index (κ1) is 13.9. The van der Waals surface area contributed by atoms with Gasteiger partial charge in [-0.05, 0) is 6.07 Å². The molecule has 0 bridgehead atoms. The molecule has 0 aromatic carbocycles. The van der Waals surface area contributed by atoms with E-state index in [2.05, 4.69) is 14.5 Å². The van der Waals surface area contributed by atoms with Gasteiger partial charge in [0.2, 0.25) is 0 Å². The number of halogens is 3. The molecule has 0 fully saturated rings. The lowest BCUT2D eigenvalue weighted by molar-refractivity contribution is -0.138. The maximum absolute atomic E-state index is 12.7. The van der Waals surface area contributed by atoms with Gasteiger partial charge in [-0.25, -0.2) is 14.6 Å². The molecule has 1 aromatic rings. The van der Waals surface area contributed by atoms with Crippen LogP contribution in [0.4, 0.5) is 13.2 Å². The van der Waals surface area contributed by atoms with Gasteiger partial charge in [0.15, 0.2) is 5.69 Å². The van der Waals surface area contributed by atoms with E-state index < -0.39 is 34.9 Å². The number of carbonyl (C=O) groups excluding carboxylic acids is 2. The van der Waals surface area contributed by atoms with Crippen molar-refractivity contribution in [1.82, 2.24) is 4.98 Å². The number of ether oxygens (including phenoxy) is 2. The van der Waals surface area contributed by atoms with Crippen LogP contribution in [0, 0.1) is 0 Å². The van der Waals surface area contributed by atoms with Crippen LogP contribution in [0.15, 0.2) is 12.3 Å². The topological polar surface area (TPSA) is 65.5 Å². The average Bonchev–Trinajstić information content (AvgIpc) is 2.35. The molecule has 1 aromatic heterocycles. The Hall–Kier alpha value is -2.12. The van der Waals surface area contributed by atoms with E-state index in [0.717, 1.165) is 20.4 Å². The van der Waals surface area contributed by atoms with Crippen LogP contribution in [0.2, 0.25) is 0 Å². The van der Waals surface area contributed by atoms with Gasteiger partial charge in [-0.15, -0.1) is 0 Å². The van der Waals surface area contributed by atoms with Crippen LogP contribution in [-0.2, 0) is 15.7 Å². The highest BCUT2D eigenvalue weighted by molar-refractivity contribution is 5.93. The second-order valence-corrected chi connectivity index (χ2v) is 3.10. The Kier molecular flexibility index (Phi) is 3.89. The van der Waals surface area contributed by atoms with Crippen molar-refractivity contribution in [1.29, 1.82) is 0 Å². The van der Waals surface area contributed by atoms with E-state index >= 15 is 0 Å². The third-order valence-corrected chi connectivity index (χ3v) is 1.99. The first-order valence-electron chi connectivity index (χ1n) is 4.55. The van der Waals surface area contributed by atoms with Crippen molar-refractivity contribution in [2.75, 3.05) is 14.2 Å². The van der Waals surface area contributed by atoms with Crippen LogP contribution in [0.1, 0.15) is 26.4 Å². The van der Waals surface area contributed by atoms with Crippen molar-refractivity contribution >= 4 is 11.9 Å². The summed E-state index contributed by atoms with van der Waals surface area (Å²) >= 11 is 0. The minimum atomic E-state index is -4.83. The number of esters is 2. The van der Waals surface area contributed by atoms with Gasteiger partial charge < -0.3 is 9.47 Å². The summed E-state index contributed by atoms with van der Waals surface area (Å²) in [5.41, 5.74) is -2.66. The second kappa shape index (κ2) is 5.03. The smallest absolute Gasteiger partial charge is 0.418 e. The standard InChI is InChI=1S/C10H8F3NO4/c1-17-8(15)5-3-6(10(11,12)13)7(14-4-5)9(16)18-2/h3-4H,1-2H3. The number of nitrogens with zero attached hydrogens (tertiary/aromatic N) is 1. The first-order valence-corrected chi connectivity index (χ1v) is 4.55. The fourth-order valence-corrected chi connectivity index (χ4v) is 1.17. The summed E-state index contributed by atoms with van der Waals surface area (Å²) in [5.74, 6) is -2.22. The minimum absolute atomic E-state index is 0.405. The maximum Gasteiger partial charge on any atom is 0.418 e.